The summed E-state index contributed by atoms with van der Waals surface area (Å²) >= 11 is 0. The second kappa shape index (κ2) is 5.71. The van der Waals surface area contributed by atoms with E-state index in [1.165, 1.54) is 0 Å². The summed E-state index contributed by atoms with van der Waals surface area (Å²) in [7, 11) is 3.32. The highest BCUT2D eigenvalue weighted by Gasteiger charge is 2.47. The lowest BCUT2D eigenvalue weighted by molar-refractivity contribution is -0.139. The first-order valence-corrected chi connectivity index (χ1v) is 9.04. The molecule has 1 aliphatic carbocycles. The first-order valence-electron chi connectivity index (χ1n) is 9.04. The quantitative estimate of drug-likeness (QED) is 0.724. The van der Waals surface area contributed by atoms with Crippen LogP contribution in [0, 0.1) is 0 Å². The van der Waals surface area contributed by atoms with E-state index in [4.69, 9.17) is 18.9 Å². The molecule has 0 bridgehead atoms. The molecule has 5 rings (SSSR count). The van der Waals surface area contributed by atoms with Crippen molar-refractivity contribution in [2.75, 3.05) is 14.2 Å². The van der Waals surface area contributed by atoms with Gasteiger partial charge in [-0.3, -0.25) is 0 Å². The van der Waals surface area contributed by atoms with Gasteiger partial charge in [0.1, 0.15) is 28.7 Å². The van der Waals surface area contributed by atoms with E-state index < -0.39 is 5.79 Å². The zero-order chi connectivity index (χ0) is 18.6. The summed E-state index contributed by atoms with van der Waals surface area (Å²) in [5.41, 5.74) is 1.93. The van der Waals surface area contributed by atoms with Crippen molar-refractivity contribution in [3.05, 3.63) is 53.6 Å². The van der Waals surface area contributed by atoms with Crippen molar-refractivity contribution in [2.24, 2.45) is 0 Å². The minimum Gasteiger partial charge on any atom is -0.507 e. The third-order valence-electron chi connectivity index (χ3n) is 5.48. The van der Waals surface area contributed by atoms with Crippen LogP contribution in [0.5, 0.6) is 28.7 Å². The van der Waals surface area contributed by atoms with Crippen LogP contribution >= 0.6 is 0 Å². The van der Waals surface area contributed by atoms with Gasteiger partial charge >= 0.3 is 0 Å². The van der Waals surface area contributed by atoms with E-state index in [1.807, 2.05) is 30.3 Å². The molecule has 0 amide bonds. The average Bonchev–Trinajstić information content (AvgIpc) is 2.70. The van der Waals surface area contributed by atoms with Crippen molar-refractivity contribution in [2.45, 2.75) is 25.0 Å². The fourth-order valence-corrected chi connectivity index (χ4v) is 4.33. The molecule has 27 heavy (non-hydrogen) atoms. The van der Waals surface area contributed by atoms with Crippen LogP contribution in [0.25, 0.3) is 10.8 Å². The normalized spacial score (nSPS) is 19.9. The molecule has 1 N–H and O–H groups in total. The highest BCUT2D eigenvalue weighted by molar-refractivity contribution is 5.98. The number of phenolic OH excluding ortho intramolecular Hbond substituents is 1. The number of rotatable bonds is 2. The highest BCUT2D eigenvalue weighted by Crippen LogP contribution is 2.53. The first kappa shape index (κ1) is 16.1. The SMILES string of the molecule is COc1ccc(OC)c2c1CCCC21Oc2cccc3c(O)ccc(c23)O1. The summed E-state index contributed by atoms with van der Waals surface area (Å²) in [5.74, 6) is 2.16. The number of aromatic hydroxyl groups is 1. The van der Waals surface area contributed by atoms with Crippen molar-refractivity contribution in [1.82, 2.24) is 0 Å². The molecular weight excluding hydrogens is 344 g/mol. The van der Waals surface area contributed by atoms with Gasteiger partial charge in [0.05, 0.1) is 25.2 Å². The number of hydrogen-bond acceptors (Lipinski definition) is 5. The van der Waals surface area contributed by atoms with Crippen LogP contribution in [0.1, 0.15) is 24.0 Å². The molecule has 1 aliphatic heterocycles. The van der Waals surface area contributed by atoms with E-state index in [1.54, 1.807) is 26.4 Å². The Morgan fingerprint density at radius 3 is 2.44 bits per heavy atom. The molecule has 0 fully saturated rings. The van der Waals surface area contributed by atoms with Gasteiger partial charge in [-0.1, -0.05) is 12.1 Å². The van der Waals surface area contributed by atoms with E-state index >= 15 is 0 Å². The highest BCUT2D eigenvalue weighted by atomic mass is 16.7. The third kappa shape index (κ3) is 2.17. The molecule has 0 saturated carbocycles. The predicted molar refractivity (Wildman–Crippen MR) is 101 cm³/mol. The number of methoxy groups -OCH3 is 2. The van der Waals surface area contributed by atoms with Gasteiger partial charge in [-0.2, -0.15) is 0 Å². The standard InChI is InChI=1S/C22H20O5/c1-24-16-10-11-19(25-2)21-14(16)6-4-12-22(21)26-17-7-3-5-13-15(23)8-9-18(27-22)20(13)17/h3,5,7-11,23H,4,6,12H2,1-2H3. The Kier molecular flexibility index (Phi) is 3.41. The zero-order valence-electron chi connectivity index (χ0n) is 15.2. The Morgan fingerprint density at radius 1 is 0.926 bits per heavy atom. The molecule has 3 aromatic rings. The molecule has 5 nitrogen and oxygen atoms in total. The Balaban J connectivity index is 1.76. The fourth-order valence-electron chi connectivity index (χ4n) is 4.33. The molecule has 1 unspecified atom stereocenters. The summed E-state index contributed by atoms with van der Waals surface area (Å²) in [6.45, 7) is 0. The molecule has 0 radical (unpaired) electrons. The van der Waals surface area contributed by atoms with Crippen molar-refractivity contribution in [3.8, 4) is 28.7 Å². The molecular formula is C22H20O5. The molecule has 1 spiro atoms. The van der Waals surface area contributed by atoms with Crippen LogP contribution in [-0.4, -0.2) is 19.3 Å². The molecule has 5 heteroatoms. The smallest absolute Gasteiger partial charge is 0.281 e. The van der Waals surface area contributed by atoms with Crippen LogP contribution < -0.4 is 18.9 Å². The van der Waals surface area contributed by atoms with E-state index in [0.29, 0.717) is 23.3 Å². The number of benzene rings is 3. The molecule has 138 valence electrons. The minimum absolute atomic E-state index is 0.210. The van der Waals surface area contributed by atoms with Gasteiger partial charge in [-0.15, -0.1) is 0 Å². The molecule has 0 aromatic heterocycles. The second-order valence-corrected chi connectivity index (χ2v) is 6.90. The van der Waals surface area contributed by atoms with Crippen LogP contribution in [-0.2, 0) is 12.2 Å². The maximum Gasteiger partial charge on any atom is 0.281 e. The van der Waals surface area contributed by atoms with Crippen LogP contribution in [0.4, 0.5) is 0 Å². The lowest BCUT2D eigenvalue weighted by atomic mass is 9.84. The Hall–Kier alpha value is -3.08. The summed E-state index contributed by atoms with van der Waals surface area (Å²) in [6.07, 6.45) is 2.47. The summed E-state index contributed by atoms with van der Waals surface area (Å²) < 4.78 is 24.2. The van der Waals surface area contributed by atoms with Crippen molar-refractivity contribution < 1.29 is 24.1 Å². The third-order valence-corrected chi connectivity index (χ3v) is 5.48. The molecule has 2 aliphatic rings. The summed E-state index contributed by atoms with van der Waals surface area (Å²) in [5, 5.41) is 11.7. The monoisotopic (exact) mass is 364 g/mol. The van der Waals surface area contributed by atoms with Gasteiger partial charge < -0.3 is 24.1 Å². The number of fused-ring (bicyclic) bond motifs is 2. The summed E-state index contributed by atoms with van der Waals surface area (Å²) in [4.78, 5) is 0. The van der Waals surface area contributed by atoms with Gasteiger partial charge in [0.15, 0.2) is 0 Å². The van der Waals surface area contributed by atoms with E-state index in [9.17, 15) is 5.11 Å². The molecule has 1 heterocycles. The Bertz CT molecular complexity index is 1040. The molecule has 1 atom stereocenters. The number of ether oxygens (including phenoxy) is 4. The second-order valence-electron chi connectivity index (χ2n) is 6.90. The van der Waals surface area contributed by atoms with Gasteiger partial charge in [0.25, 0.3) is 5.79 Å². The fraction of sp³-hybridized carbons (Fsp3) is 0.273. The van der Waals surface area contributed by atoms with Gasteiger partial charge in [0.2, 0.25) is 0 Å². The predicted octanol–water partition coefficient (Wildman–Crippen LogP) is 4.52. The van der Waals surface area contributed by atoms with Gasteiger partial charge in [0, 0.05) is 17.4 Å². The number of phenols is 1. The van der Waals surface area contributed by atoms with Crippen LogP contribution in [0.2, 0.25) is 0 Å². The van der Waals surface area contributed by atoms with E-state index in [-0.39, 0.29) is 5.75 Å². The zero-order valence-corrected chi connectivity index (χ0v) is 15.2. The maximum absolute atomic E-state index is 10.2. The lowest BCUT2D eigenvalue weighted by Gasteiger charge is -2.42. The topological polar surface area (TPSA) is 57.2 Å². The lowest BCUT2D eigenvalue weighted by Crippen LogP contribution is -2.44. The largest absolute Gasteiger partial charge is 0.507 e. The minimum atomic E-state index is -0.980. The van der Waals surface area contributed by atoms with E-state index in [0.717, 1.165) is 40.9 Å². The maximum atomic E-state index is 10.2. The van der Waals surface area contributed by atoms with Crippen molar-refractivity contribution in [1.29, 1.82) is 0 Å². The number of hydrogen-bond donors (Lipinski definition) is 1. The first-order chi connectivity index (χ1) is 13.2. The van der Waals surface area contributed by atoms with Crippen LogP contribution in [0.3, 0.4) is 0 Å². The summed E-state index contributed by atoms with van der Waals surface area (Å²) in [6, 6.07) is 12.9. The van der Waals surface area contributed by atoms with Crippen molar-refractivity contribution in [3.63, 3.8) is 0 Å². The van der Waals surface area contributed by atoms with E-state index in [2.05, 4.69) is 0 Å². The Morgan fingerprint density at radius 2 is 1.67 bits per heavy atom. The van der Waals surface area contributed by atoms with Gasteiger partial charge in [-0.05, 0) is 43.2 Å². The molecule has 0 saturated heterocycles. The average molecular weight is 364 g/mol. The van der Waals surface area contributed by atoms with Crippen LogP contribution in [0.15, 0.2) is 42.5 Å². The van der Waals surface area contributed by atoms with Crippen molar-refractivity contribution >= 4 is 10.8 Å². The van der Waals surface area contributed by atoms with Gasteiger partial charge in [-0.25, -0.2) is 0 Å². The Labute approximate surface area is 157 Å². The molecule has 3 aromatic carbocycles.